The smallest absolute Gasteiger partial charge is 0.164 e. The van der Waals surface area contributed by atoms with Crippen LogP contribution in [0.25, 0.3) is 11.4 Å². The van der Waals surface area contributed by atoms with Gasteiger partial charge in [0, 0.05) is 49.6 Å². The maximum absolute atomic E-state index is 13.5. The monoisotopic (exact) mass is 381 g/mol. The lowest BCUT2D eigenvalue weighted by Crippen LogP contribution is -2.44. The molecule has 1 aromatic carbocycles. The Bertz CT molecular complexity index is 947. The molecule has 0 radical (unpaired) electrons. The first-order valence-corrected chi connectivity index (χ1v) is 9.38. The molecule has 0 bridgehead atoms. The molecule has 3 heterocycles. The Morgan fingerprint density at radius 1 is 1.07 bits per heavy atom. The van der Waals surface area contributed by atoms with Gasteiger partial charge < -0.3 is 15.1 Å². The predicted octanol–water partition coefficient (Wildman–Crippen LogP) is 3.14. The third kappa shape index (κ3) is 3.96. The molecule has 146 valence electrons. The molecular formula is C20H24FN7. The SMILES string of the molecule is Cc1cc(Nc2cc(N3CCN(C)CC3)nc(-c3ccccc3CF)n2)n[nH]1. The van der Waals surface area contributed by atoms with E-state index >= 15 is 0 Å². The van der Waals surface area contributed by atoms with Gasteiger partial charge in [-0.2, -0.15) is 5.10 Å². The molecule has 2 N–H and O–H groups in total. The van der Waals surface area contributed by atoms with Crippen molar-refractivity contribution in [2.45, 2.75) is 13.6 Å². The molecule has 8 heteroatoms. The molecule has 0 unspecified atom stereocenters. The van der Waals surface area contributed by atoms with Crippen molar-refractivity contribution in [3.63, 3.8) is 0 Å². The van der Waals surface area contributed by atoms with E-state index in [9.17, 15) is 4.39 Å². The Kier molecular flexibility index (Phi) is 5.21. The molecule has 1 aliphatic rings. The molecular weight excluding hydrogens is 357 g/mol. The van der Waals surface area contributed by atoms with E-state index in [1.54, 1.807) is 6.07 Å². The van der Waals surface area contributed by atoms with Gasteiger partial charge in [0.25, 0.3) is 0 Å². The molecule has 0 spiro atoms. The summed E-state index contributed by atoms with van der Waals surface area (Å²) in [4.78, 5) is 14.0. The van der Waals surface area contributed by atoms with E-state index in [0.29, 0.717) is 28.6 Å². The third-order valence-corrected chi connectivity index (χ3v) is 4.90. The number of hydrogen-bond acceptors (Lipinski definition) is 6. The van der Waals surface area contributed by atoms with Crippen LogP contribution >= 0.6 is 0 Å². The van der Waals surface area contributed by atoms with Crippen LogP contribution in [0, 0.1) is 6.92 Å². The summed E-state index contributed by atoms with van der Waals surface area (Å²) in [6.45, 7) is 5.11. The fourth-order valence-electron chi connectivity index (χ4n) is 3.28. The molecule has 1 fully saturated rings. The molecule has 0 aliphatic carbocycles. The Morgan fingerprint density at radius 2 is 1.86 bits per heavy atom. The number of aryl methyl sites for hydroxylation is 1. The number of nitrogens with zero attached hydrogens (tertiary/aromatic N) is 5. The zero-order valence-electron chi connectivity index (χ0n) is 16.1. The number of halogens is 1. The Labute approximate surface area is 163 Å². The van der Waals surface area contributed by atoms with Gasteiger partial charge in [-0.3, -0.25) is 5.10 Å². The molecule has 3 aromatic rings. The Morgan fingerprint density at radius 3 is 2.57 bits per heavy atom. The van der Waals surface area contributed by atoms with Crippen molar-refractivity contribution < 1.29 is 4.39 Å². The van der Waals surface area contributed by atoms with E-state index in [4.69, 9.17) is 4.98 Å². The number of benzene rings is 1. The summed E-state index contributed by atoms with van der Waals surface area (Å²) in [6.07, 6.45) is 0. The Balaban J connectivity index is 1.74. The minimum atomic E-state index is -0.556. The first-order chi connectivity index (χ1) is 13.6. The second-order valence-corrected chi connectivity index (χ2v) is 7.08. The quantitative estimate of drug-likeness (QED) is 0.707. The first kappa shape index (κ1) is 18.4. The number of anilines is 3. The number of alkyl halides is 1. The van der Waals surface area contributed by atoms with E-state index < -0.39 is 6.67 Å². The molecule has 2 aromatic heterocycles. The normalized spacial score (nSPS) is 15.0. The van der Waals surface area contributed by atoms with Crippen LogP contribution in [0.3, 0.4) is 0 Å². The zero-order valence-corrected chi connectivity index (χ0v) is 16.1. The lowest BCUT2D eigenvalue weighted by atomic mass is 10.1. The summed E-state index contributed by atoms with van der Waals surface area (Å²) in [5.74, 6) is 2.67. The van der Waals surface area contributed by atoms with Gasteiger partial charge in [0.15, 0.2) is 11.6 Å². The van der Waals surface area contributed by atoms with Crippen molar-refractivity contribution in [2.75, 3.05) is 43.4 Å². The van der Waals surface area contributed by atoms with Crippen molar-refractivity contribution in [3.8, 4) is 11.4 Å². The molecule has 7 nitrogen and oxygen atoms in total. The highest BCUT2D eigenvalue weighted by atomic mass is 19.1. The van der Waals surface area contributed by atoms with Crippen LogP contribution in [0.5, 0.6) is 0 Å². The fraction of sp³-hybridized carbons (Fsp3) is 0.350. The van der Waals surface area contributed by atoms with Crippen LogP contribution in [0.2, 0.25) is 0 Å². The summed E-state index contributed by atoms with van der Waals surface area (Å²) in [5.41, 5.74) is 2.25. The minimum Gasteiger partial charge on any atom is -0.354 e. The number of rotatable bonds is 5. The number of hydrogen-bond donors (Lipinski definition) is 2. The van der Waals surface area contributed by atoms with Gasteiger partial charge in [0.05, 0.1) is 0 Å². The molecule has 4 rings (SSSR count). The highest BCUT2D eigenvalue weighted by molar-refractivity contribution is 5.66. The summed E-state index contributed by atoms with van der Waals surface area (Å²) in [7, 11) is 2.12. The molecule has 0 saturated carbocycles. The van der Waals surface area contributed by atoms with Crippen molar-refractivity contribution in [1.29, 1.82) is 0 Å². The van der Waals surface area contributed by atoms with E-state index in [0.717, 1.165) is 37.7 Å². The van der Waals surface area contributed by atoms with Gasteiger partial charge >= 0.3 is 0 Å². The zero-order chi connectivity index (χ0) is 19.5. The lowest BCUT2D eigenvalue weighted by Gasteiger charge is -2.33. The average Bonchev–Trinajstić information content (AvgIpc) is 3.12. The number of aromatic amines is 1. The van der Waals surface area contributed by atoms with Gasteiger partial charge in [-0.15, -0.1) is 0 Å². The van der Waals surface area contributed by atoms with Crippen LogP contribution in [-0.2, 0) is 6.67 Å². The topological polar surface area (TPSA) is 73.0 Å². The van der Waals surface area contributed by atoms with Crippen LogP contribution in [-0.4, -0.2) is 58.3 Å². The molecule has 0 amide bonds. The molecule has 0 atom stereocenters. The number of nitrogens with one attached hydrogen (secondary N) is 2. The van der Waals surface area contributed by atoms with E-state index in [2.05, 4.69) is 37.3 Å². The van der Waals surface area contributed by atoms with Crippen molar-refractivity contribution in [2.24, 2.45) is 0 Å². The van der Waals surface area contributed by atoms with Gasteiger partial charge in [-0.1, -0.05) is 24.3 Å². The number of piperazine rings is 1. The fourth-order valence-corrected chi connectivity index (χ4v) is 3.28. The average molecular weight is 381 g/mol. The molecule has 1 saturated heterocycles. The van der Waals surface area contributed by atoms with Crippen LogP contribution in [0.15, 0.2) is 36.4 Å². The van der Waals surface area contributed by atoms with Gasteiger partial charge in [0.1, 0.15) is 18.3 Å². The van der Waals surface area contributed by atoms with E-state index in [-0.39, 0.29) is 0 Å². The number of aromatic nitrogens is 4. The van der Waals surface area contributed by atoms with Gasteiger partial charge in [-0.05, 0) is 19.5 Å². The Hall–Kier alpha value is -3.00. The second kappa shape index (κ2) is 7.93. The molecule has 28 heavy (non-hydrogen) atoms. The lowest BCUT2D eigenvalue weighted by molar-refractivity contribution is 0.312. The van der Waals surface area contributed by atoms with E-state index in [1.807, 2.05) is 37.3 Å². The summed E-state index contributed by atoms with van der Waals surface area (Å²) in [5, 5.41) is 10.4. The maximum Gasteiger partial charge on any atom is 0.164 e. The van der Waals surface area contributed by atoms with Gasteiger partial charge in [-0.25, -0.2) is 14.4 Å². The highest BCUT2D eigenvalue weighted by Gasteiger charge is 2.19. The number of likely N-dealkylation sites (N-methyl/N-ethyl adjacent to an activating group) is 1. The molecule has 1 aliphatic heterocycles. The highest BCUT2D eigenvalue weighted by Crippen LogP contribution is 2.27. The summed E-state index contributed by atoms with van der Waals surface area (Å²) >= 11 is 0. The predicted molar refractivity (Wildman–Crippen MR) is 109 cm³/mol. The van der Waals surface area contributed by atoms with E-state index in [1.165, 1.54) is 0 Å². The standard InChI is InChI=1S/C20H24FN7/c1-14-11-18(26-25-14)22-17-12-19(28-9-7-27(2)8-10-28)24-20(23-17)16-6-4-3-5-15(16)13-21/h3-6,11-12H,7-10,13H2,1-2H3,(H2,22,23,24,25,26). The number of H-pyrrole nitrogens is 1. The largest absolute Gasteiger partial charge is 0.354 e. The summed E-state index contributed by atoms with van der Waals surface area (Å²) < 4.78 is 13.5. The van der Waals surface area contributed by atoms with Crippen LogP contribution < -0.4 is 10.2 Å². The first-order valence-electron chi connectivity index (χ1n) is 9.38. The summed E-state index contributed by atoms with van der Waals surface area (Å²) in [6, 6.07) is 11.2. The van der Waals surface area contributed by atoms with Crippen molar-refractivity contribution in [1.82, 2.24) is 25.1 Å². The van der Waals surface area contributed by atoms with Crippen LogP contribution in [0.4, 0.5) is 21.8 Å². The second-order valence-electron chi connectivity index (χ2n) is 7.08. The maximum atomic E-state index is 13.5. The minimum absolute atomic E-state index is 0.513. The van der Waals surface area contributed by atoms with Gasteiger partial charge in [0.2, 0.25) is 0 Å². The van der Waals surface area contributed by atoms with Crippen molar-refractivity contribution in [3.05, 3.63) is 47.7 Å². The van der Waals surface area contributed by atoms with Crippen LogP contribution in [0.1, 0.15) is 11.3 Å². The third-order valence-electron chi connectivity index (χ3n) is 4.90. The van der Waals surface area contributed by atoms with Crippen molar-refractivity contribution >= 4 is 17.5 Å².